The first-order valence-electron chi connectivity index (χ1n) is 9.00. The number of nitrogens with zero attached hydrogens (tertiary/aromatic N) is 1. The first-order chi connectivity index (χ1) is 13.1. The third kappa shape index (κ3) is 11.3. The number of unbranched alkanes of at least 4 members (excludes halogenated alkanes) is 1. The van der Waals surface area contributed by atoms with Crippen LogP contribution in [-0.4, -0.2) is 25.5 Å². The van der Waals surface area contributed by atoms with Gasteiger partial charge < -0.3 is 14.3 Å². The zero-order chi connectivity index (χ0) is 21.2. The lowest BCUT2D eigenvalue weighted by atomic mass is 9.90. The minimum absolute atomic E-state index is 0.135. The molecule has 4 nitrogen and oxygen atoms in total. The van der Waals surface area contributed by atoms with Crippen molar-refractivity contribution in [3.63, 3.8) is 0 Å². The van der Waals surface area contributed by atoms with Crippen LogP contribution in [0.1, 0.15) is 47.0 Å². The molecule has 0 spiro atoms. The second-order valence-electron chi connectivity index (χ2n) is 7.47. The number of hydrogen-bond acceptors (Lipinski definition) is 4. The zero-order valence-corrected chi connectivity index (χ0v) is 19.7. The van der Waals surface area contributed by atoms with Crippen molar-refractivity contribution < 1.29 is 14.3 Å². The van der Waals surface area contributed by atoms with Gasteiger partial charge in [0.25, 0.3) is 0 Å². The number of halogens is 4. The van der Waals surface area contributed by atoms with Gasteiger partial charge in [-0.05, 0) is 37.7 Å². The Hall–Kier alpha value is -0.810. The van der Waals surface area contributed by atoms with E-state index < -0.39 is 0 Å². The highest BCUT2D eigenvalue weighted by atomic mass is 35.5. The van der Waals surface area contributed by atoms with Crippen molar-refractivity contribution in [2.24, 2.45) is 10.6 Å². The van der Waals surface area contributed by atoms with E-state index >= 15 is 0 Å². The molecule has 0 aliphatic rings. The van der Waals surface area contributed by atoms with Gasteiger partial charge in [0.05, 0.1) is 22.4 Å². The van der Waals surface area contributed by atoms with Crippen molar-refractivity contribution >= 4 is 52.1 Å². The van der Waals surface area contributed by atoms with Gasteiger partial charge in [-0.15, -0.1) is 0 Å². The number of benzene rings is 1. The van der Waals surface area contributed by atoms with Crippen molar-refractivity contribution in [3.8, 4) is 11.5 Å². The molecule has 8 heteroatoms. The Bertz CT molecular complexity index is 658. The molecule has 0 saturated heterocycles. The minimum atomic E-state index is 0.135. The summed E-state index contributed by atoms with van der Waals surface area (Å²) in [4.78, 5) is 5.35. The largest absolute Gasteiger partial charge is 0.490 e. The SMILES string of the molecule is CC(CC(C)(C)C)=NOCCCCOc1c(Cl)cc(OCC=C(Cl)Cl)cc1Cl. The third-order valence-corrected chi connectivity index (χ3v) is 4.21. The van der Waals surface area contributed by atoms with Crippen LogP contribution in [-0.2, 0) is 4.84 Å². The maximum atomic E-state index is 6.23. The minimum Gasteiger partial charge on any atom is -0.490 e. The average Bonchev–Trinajstić information content (AvgIpc) is 2.54. The number of ether oxygens (including phenoxy) is 2. The van der Waals surface area contributed by atoms with Gasteiger partial charge in [0.1, 0.15) is 23.5 Å². The molecule has 0 heterocycles. The van der Waals surface area contributed by atoms with Gasteiger partial charge in [-0.3, -0.25) is 0 Å². The first kappa shape index (κ1) is 25.2. The average molecular weight is 471 g/mol. The summed E-state index contributed by atoms with van der Waals surface area (Å²) in [5, 5.41) is 4.89. The molecule has 0 bridgehead atoms. The van der Waals surface area contributed by atoms with Crippen molar-refractivity contribution in [1.29, 1.82) is 0 Å². The topological polar surface area (TPSA) is 40.0 Å². The van der Waals surface area contributed by atoms with Crippen LogP contribution in [0.15, 0.2) is 27.9 Å². The monoisotopic (exact) mass is 469 g/mol. The van der Waals surface area contributed by atoms with Crippen molar-refractivity contribution in [2.75, 3.05) is 19.8 Å². The zero-order valence-electron chi connectivity index (χ0n) is 16.7. The van der Waals surface area contributed by atoms with Gasteiger partial charge in [-0.25, -0.2) is 0 Å². The van der Waals surface area contributed by atoms with Crippen LogP contribution in [0, 0.1) is 5.41 Å². The van der Waals surface area contributed by atoms with Gasteiger partial charge in [-0.1, -0.05) is 72.3 Å². The molecule has 0 saturated carbocycles. The van der Waals surface area contributed by atoms with Crippen LogP contribution in [0.5, 0.6) is 11.5 Å². The van der Waals surface area contributed by atoms with Crippen LogP contribution in [0.3, 0.4) is 0 Å². The molecular weight excluding hydrogens is 444 g/mol. The first-order valence-corrected chi connectivity index (χ1v) is 10.5. The normalized spacial score (nSPS) is 11.9. The summed E-state index contributed by atoms with van der Waals surface area (Å²) in [5.41, 5.74) is 1.20. The molecule has 1 aromatic carbocycles. The Labute approximate surface area is 187 Å². The molecule has 0 radical (unpaired) electrons. The second-order valence-corrected chi connectivity index (χ2v) is 9.30. The number of hydrogen-bond donors (Lipinski definition) is 0. The lowest BCUT2D eigenvalue weighted by Gasteiger charge is -2.17. The van der Waals surface area contributed by atoms with Crippen LogP contribution in [0.4, 0.5) is 0 Å². The van der Waals surface area contributed by atoms with Gasteiger partial charge in [0, 0.05) is 12.1 Å². The highest BCUT2D eigenvalue weighted by Crippen LogP contribution is 2.37. The Kier molecular flexibility index (Phi) is 11.4. The molecule has 158 valence electrons. The van der Waals surface area contributed by atoms with Gasteiger partial charge in [0.15, 0.2) is 5.75 Å². The molecule has 0 fully saturated rings. The molecule has 0 unspecified atom stereocenters. The summed E-state index contributed by atoms with van der Waals surface area (Å²) in [7, 11) is 0. The molecule has 0 aliphatic heterocycles. The summed E-state index contributed by atoms with van der Waals surface area (Å²) in [5.74, 6) is 0.937. The molecule has 0 aromatic heterocycles. The van der Waals surface area contributed by atoms with E-state index in [1.165, 1.54) is 6.08 Å². The van der Waals surface area contributed by atoms with Crippen molar-refractivity contribution in [1.82, 2.24) is 0 Å². The van der Waals surface area contributed by atoms with Crippen LogP contribution in [0.2, 0.25) is 10.0 Å². The molecule has 0 amide bonds. The van der Waals surface area contributed by atoms with Crippen LogP contribution >= 0.6 is 46.4 Å². The predicted molar refractivity (Wildman–Crippen MR) is 120 cm³/mol. The van der Waals surface area contributed by atoms with Gasteiger partial charge in [0.2, 0.25) is 0 Å². The smallest absolute Gasteiger partial charge is 0.156 e. The van der Waals surface area contributed by atoms with E-state index in [-0.39, 0.29) is 16.5 Å². The van der Waals surface area contributed by atoms with E-state index in [4.69, 9.17) is 60.7 Å². The van der Waals surface area contributed by atoms with E-state index in [9.17, 15) is 0 Å². The molecule has 0 atom stereocenters. The summed E-state index contributed by atoms with van der Waals surface area (Å²) in [6.07, 6.45) is 4.03. The molecule has 28 heavy (non-hydrogen) atoms. The molecular formula is C20H27Cl4NO3. The highest BCUT2D eigenvalue weighted by molar-refractivity contribution is 6.55. The van der Waals surface area contributed by atoms with E-state index in [2.05, 4.69) is 25.9 Å². The lowest BCUT2D eigenvalue weighted by molar-refractivity contribution is 0.134. The second kappa shape index (κ2) is 12.7. The van der Waals surface area contributed by atoms with Crippen LogP contribution < -0.4 is 9.47 Å². The van der Waals surface area contributed by atoms with Crippen molar-refractivity contribution in [2.45, 2.75) is 47.0 Å². The number of rotatable bonds is 11. The maximum absolute atomic E-state index is 6.23. The highest BCUT2D eigenvalue weighted by Gasteiger charge is 2.12. The number of oxime groups is 1. The Morgan fingerprint density at radius 1 is 1.04 bits per heavy atom. The van der Waals surface area contributed by atoms with E-state index in [1.807, 2.05) is 6.92 Å². The van der Waals surface area contributed by atoms with Gasteiger partial charge in [-0.2, -0.15) is 0 Å². The van der Waals surface area contributed by atoms with E-state index in [0.29, 0.717) is 34.8 Å². The van der Waals surface area contributed by atoms with Crippen molar-refractivity contribution in [3.05, 3.63) is 32.7 Å². The molecule has 1 rings (SSSR count). The Balaban J connectivity index is 2.35. The lowest BCUT2D eigenvalue weighted by Crippen LogP contribution is -2.11. The van der Waals surface area contributed by atoms with E-state index in [0.717, 1.165) is 25.0 Å². The third-order valence-electron chi connectivity index (χ3n) is 3.34. The fraction of sp³-hybridized carbons (Fsp3) is 0.550. The Morgan fingerprint density at radius 3 is 2.21 bits per heavy atom. The molecule has 0 N–H and O–H groups in total. The Morgan fingerprint density at radius 2 is 1.64 bits per heavy atom. The fourth-order valence-corrected chi connectivity index (χ4v) is 3.06. The quantitative estimate of drug-likeness (QED) is 0.189. The molecule has 1 aromatic rings. The predicted octanol–water partition coefficient (Wildman–Crippen LogP) is 7.68. The summed E-state index contributed by atoms with van der Waals surface area (Å²) in [6, 6.07) is 3.27. The van der Waals surface area contributed by atoms with Gasteiger partial charge >= 0.3 is 0 Å². The summed E-state index contributed by atoms with van der Waals surface area (Å²) >= 11 is 23.5. The standard InChI is InChI=1S/C20H27Cl4NO3/c1-14(13-20(2,3)4)25-28-9-6-5-8-27-19-16(21)11-15(12-17(19)22)26-10-7-18(23)24/h7,11-12H,5-6,8-10,13H2,1-4H3. The maximum Gasteiger partial charge on any atom is 0.156 e. The van der Waals surface area contributed by atoms with E-state index in [1.54, 1.807) is 12.1 Å². The molecule has 0 aliphatic carbocycles. The summed E-state index contributed by atoms with van der Waals surface area (Å²) < 4.78 is 11.3. The summed E-state index contributed by atoms with van der Waals surface area (Å²) in [6.45, 7) is 9.72. The van der Waals surface area contributed by atoms with Crippen LogP contribution in [0.25, 0.3) is 0 Å². The fourth-order valence-electron chi connectivity index (χ4n) is 2.36.